The van der Waals surface area contributed by atoms with E-state index in [9.17, 15) is 4.79 Å². The average Bonchev–Trinajstić information content (AvgIpc) is 2.89. The van der Waals surface area contributed by atoms with Crippen LogP contribution in [-0.4, -0.2) is 29.7 Å². The Bertz CT molecular complexity index is 711. The summed E-state index contributed by atoms with van der Waals surface area (Å²) in [6.07, 6.45) is 0.0157. The second kappa shape index (κ2) is 6.71. The highest BCUT2D eigenvalue weighted by Gasteiger charge is 2.43. The van der Waals surface area contributed by atoms with E-state index in [1.807, 2.05) is 13.0 Å². The summed E-state index contributed by atoms with van der Waals surface area (Å²) < 4.78 is 5.40. The number of rotatable bonds is 2. The minimum absolute atomic E-state index is 0.199. The van der Waals surface area contributed by atoms with Crippen LogP contribution >= 0.6 is 23.2 Å². The highest BCUT2D eigenvalue weighted by molar-refractivity contribution is 6.43. The summed E-state index contributed by atoms with van der Waals surface area (Å²) >= 11 is 12.6. The molecule has 24 heavy (non-hydrogen) atoms. The van der Waals surface area contributed by atoms with Gasteiger partial charge in [0.05, 0.1) is 15.6 Å². The number of nitrogens with zero attached hydrogens (tertiary/aromatic N) is 4. The molecule has 1 fully saturated rings. The van der Waals surface area contributed by atoms with Crippen LogP contribution in [0.5, 0.6) is 0 Å². The Morgan fingerprint density at radius 3 is 2.62 bits per heavy atom. The molecule has 1 aromatic rings. The Kier molecular flexibility index (Phi) is 5.23. The molecule has 0 aromatic heterocycles. The minimum Gasteiger partial charge on any atom is -0.444 e. The molecule has 1 aliphatic rings. The molecule has 8 heteroatoms. The van der Waals surface area contributed by atoms with Crippen molar-refractivity contribution in [1.82, 2.24) is 4.90 Å². The number of benzene rings is 1. The van der Waals surface area contributed by atoms with E-state index in [4.69, 9.17) is 33.5 Å². The molecular weight excluding hydrogens is 351 g/mol. The van der Waals surface area contributed by atoms with Gasteiger partial charge in [-0.1, -0.05) is 40.4 Å². The molecule has 0 N–H and O–H groups in total. The normalized spacial score (nSPS) is 20.7. The Hall–Kier alpha value is -1.62. The summed E-state index contributed by atoms with van der Waals surface area (Å²) in [5.74, 6) is 0. The zero-order valence-corrected chi connectivity index (χ0v) is 15.6. The number of aryl methyl sites for hydroxylation is 1. The van der Waals surface area contributed by atoms with Gasteiger partial charge in [0.1, 0.15) is 5.60 Å². The molecule has 0 spiro atoms. The second-order valence-corrected chi connectivity index (χ2v) is 7.69. The fourth-order valence-electron chi connectivity index (χ4n) is 2.72. The number of ether oxygens (including phenoxy) is 1. The van der Waals surface area contributed by atoms with E-state index in [-0.39, 0.29) is 6.54 Å². The molecule has 2 rings (SSSR count). The van der Waals surface area contributed by atoms with Crippen molar-refractivity contribution in [3.05, 3.63) is 43.7 Å². The number of halogens is 2. The summed E-state index contributed by atoms with van der Waals surface area (Å²) in [6, 6.07) is 3.63. The number of likely N-dealkylation sites (tertiary alicyclic amines) is 1. The van der Waals surface area contributed by atoms with E-state index in [0.29, 0.717) is 28.6 Å². The van der Waals surface area contributed by atoms with Gasteiger partial charge in [0, 0.05) is 18.0 Å². The largest absolute Gasteiger partial charge is 0.444 e. The van der Waals surface area contributed by atoms with Crippen LogP contribution in [0.25, 0.3) is 10.4 Å². The quantitative estimate of drug-likeness (QED) is 0.394. The SMILES string of the molecule is Cc1ccc(C2(N=[N+]=[N-])CCN(C(=O)OC(C)(C)C)C2)c(Cl)c1Cl. The third-order valence-electron chi connectivity index (χ3n) is 3.91. The number of hydrogen-bond acceptors (Lipinski definition) is 3. The maximum absolute atomic E-state index is 12.3. The lowest BCUT2D eigenvalue weighted by atomic mass is 9.89. The Morgan fingerprint density at radius 1 is 1.38 bits per heavy atom. The van der Waals surface area contributed by atoms with Crippen molar-refractivity contribution >= 4 is 29.3 Å². The fourth-order valence-corrected chi connectivity index (χ4v) is 3.28. The van der Waals surface area contributed by atoms with Gasteiger partial charge in [0.2, 0.25) is 0 Å². The van der Waals surface area contributed by atoms with Gasteiger partial charge in [-0.2, -0.15) is 0 Å². The summed E-state index contributed by atoms with van der Waals surface area (Å²) in [5.41, 5.74) is 8.96. The van der Waals surface area contributed by atoms with Gasteiger partial charge in [-0.15, -0.1) is 0 Å². The molecule has 1 saturated heterocycles. The lowest BCUT2D eigenvalue weighted by Gasteiger charge is -2.28. The Labute approximate surface area is 151 Å². The molecule has 6 nitrogen and oxygen atoms in total. The predicted molar refractivity (Wildman–Crippen MR) is 94.4 cm³/mol. The van der Waals surface area contributed by atoms with Gasteiger partial charge in [0.15, 0.2) is 0 Å². The molecule has 1 aliphatic heterocycles. The molecule has 0 radical (unpaired) electrons. The first-order chi connectivity index (χ1) is 11.1. The second-order valence-electron chi connectivity index (χ2n) is 6.93. The Morgan fingerprint density at radius 2 is 2.04 bits per heavy atom. The molecule has 130 valence electrons. The Balaban J connectivity index is 2.37. The highest BCUT2D eigenvalue weighted by Crippen LogP contribution is 2.43. The minimum atomic E-state index is -0.944. The molecular formula is C16H20Cl2N4O2. The first-order valence-corrected chi connectivity index (χ1v) is 8.34. The van der Waals surface area contributed by atoms with Crippen LogP contribution in [0.15, 0.2) is 17.2 Å². The van der Waals surface area contributed by atoms with Crippen LogP contribution in [0, 0.1) is 6.92 Å². The van der Waals surface area contributed by atoms with Crippen molar-refractivity contribution in [2.45, 2.75) is 45.3 Å². The van der Waals surface area contributed by atoms with E-state index in [0.717, 1.165) is 5.56 Å². The molecule has 1 heterocycles. The van der Waals surface area contributed by atoms with Crippen molar-refractivity contribution < 1.29 is 9.53 Å². The van der Waals surface area contributed by atoms with Gasteiger partial charge < -0.3 is 9.64 Å². The third-order valence-corrected chi connectivity index (χ3v) is 4.89. The number of carbonyl (C=O) groups is 1. The van der Waals surface area contributed by atoms with Crippen molar-refractivity contribution in [1.29, 1.82) is 0 Å². The number of azide groups is 1. The van der Waals surface area contributed by atoms with Crippen LogP contribution in [0.3, 0.4) is 0 Å². The topological polar surface area (TPSA) is 78.3 Å². The molecule has 0 bridgehead atoms. The van der Waals surface area contributed by atoms with Gasteiger partial charge in [-0.05, 0) is 50.8 Å². The third kappa shape index (κ3) is 3.72. The van der Waals surface area contributed by atoms with Crippen LogP contribution in [0.1, 0.15) is 38.3 Å². The number of hydrogen-bond donors (Lipinski definition) is 0. The van der Waals surface area contributed by atoms with Crippen molar-refractivity contribution in [3.63, 3.8) is 0 Å². The summed E-state index contributed by atoms with van der Waals surface area (Å²) in [6.45, 7) is 7.87. The monoisotopic (exact) mass is 370 g/mol. The van der Waals surface area contributed by atoms with Crippen LogP contribution in [0.2, 0.25) is 10.0 Å². The van der Waals surface area contributed by atoms with E-state index in [1.54, 1.807) is 26.8 Å². The molecule has 1 aromatic carbocycles. The summed E-state index contributed by atoms with van der Waals surface area (Å²) in [7, 11) is 0. The first-order valence-electron chi connectivity index (χ1n) is 7.59. The number of carbonyl (C=O) groups excluding carboxylic acids is 1. The van der Waals surface area contributed by atoms with Gasteiger partial charge in [0.25, 0.3) is 0 Å². The van der Waals surface area contributed by atoms with Gasteiger partial charge in [-0.25, -0.2) is 4.79 Å². The average molecular weight is 371 g/mol. The zero-order valence-electron chi connectivity index (χ0n) is 14.1. The highest BCUT2D eigenvalue weighted by atomic mass is 35.5. The maximum atomic E-state index is 12.3. The molecule has 1 atom stereocenters. The standard InChI is InChI=1S/C16H20Cl2N4O2/c1-10-5-6-11(13(18)12(10)17)16(20-21-19)7-8-22(9-16)14(23)24-15(2,3)4/h5-6H,7-9H2,1-4H3. The fraction of sp³-hybridized carbons (Fsp3) is 0.562. The lowest BCUT2D eigenvalue weighted by Crippen LogP contribution is -2.37. The van der Waals surface area contributed by atoms with Crippen LogP contribution < -0.4 is 0 Å². The van der Waals surface area contributed by atoms with E-state index in [2.05, 4.69) is 10.0 Å². The predicted octanol–water partition coefficient (Wildman–Crippen LogP) is 5.45. The van der Waals surface area contributed by atoms with Gasteiger partial charge in [-0.3, -0.25) is 0 Å². The van der Waals surface area contributed by atoms with E-state index < -0.39 is 17.2 Å². The molecule has 0 aliphatic carbocycles. The number of amides is 1. The van der Waals surface area contributed by atoms with Gasteiger partial charge >= 0.3 is 6.09 Å². The van der Waals surface area contributed by atoms with Crippen molar-refractivity contribution in [3.8, 4) is 0 Å². The first kappa shape index (κ1) is 18.7. The molecule has 1 unspecified atom stereocenters. The summed E-state index contributed by atoms with van der Waals surface area (Å²) in [4.78, 5) is 16.8. The zero-order chi connectivity index (χ0) is 18.1. The van der Waals surface area contributed by atoms with Crippen molar-refractivity contribution in [2.24, 2.45) is 5.11 Å². The van der Waals surface area contributed by atoms with Crippen LogP contribution in [-0.2, 0) is 10.3 Å². The summed E-state index contributed by atoms with van der Waals surface area (Å²) in [5, 5.41) is 4.76. The molecule has 1 amide bonds. The van der Waals surface area contributed by atoms with E-state index >= 15 is 0 Å². The molecule has 0 saturated carbocycles. The van der Waals surface area contributed by atoms with Crippen molar-refractivity contribution in [2.75, 3.05) is 13.1 Å². The lowest BCUT2D eigenvalue weighted by molar-refractivity contribution is 0.0284. The smallest absolute Gasteiger partial charge is 0.410 e. The van der Waals surface area contributed by atoms with Crippen LogP contribution in [0.4, 0.5) is 4.79 Å². The maximum Gasteiger partial charge on any atom is 0.410 e. The van der Waals surface area contributed by atoms with E-state index in [1.165, 1.54) is 4.90 Å².